The number of rotatable bonds is 1. The summed E-state index contributed by atoms with van der Waals surface area (Å²) in [7, 11) is 0. The molecule has 2 aromatic heterocycles. The molecule has 0 aromatic carbocycles. The van der Waals surface area contributed by atoms with Crippen molar-refractivity contribution >= 4 is 11.0 Å². The van der Waals surface area contributed by atoms with Gasteiger partial charge < -0.3 is 4.98 Å². The smallest absolute Gasteiger partial charge is 0.141 e. The van der Waals surface area contributed by atoms with Gasteiger partial charge in [0.15, 0.2) is 0 Å². The van der Waals surface area contributed by atoms with Gasteiger partial charge in [0.2, 0.25) is 0 Å². The van der Waals surface area contributed by atoms with Gasteiger partial charge in [0.05, 0.1) is 0 Å². The lowest BCUT2D eigenvalue weighted by Gasteiger charge is -2.15. The molecule has 1 N–H and O–H groups in total. The average molecular weight is 217 g/mol. The molecule has 0 aliphatic carbocycles. The SMILES string of the molecule is CC(C)c1cc2cnc(C(C)(C)C)nc2[nH]1. The van der Waals surface area contributed by atoms with E-state index in [-0.39, 0.29) is 5.41 Å². The Morgan fingerprint density at radius 2 is 1.94 bits per heavy atom. The molecule has 0 aliphatic rings. The van der Waals surface area contributed by atoms with Crippen LogP contribution in [-0.2, 0) is 5.41 Å². The molecular formula is C13H19N3. The Balaban J connectivity index is 2.54. The molecule has 2 heterocycles. The first-order valence-electron chi connectivity index (χ1n) is 5.74. The molecule has 0 fully saturated rings. The molecule has 16 heavy (non-hydrogen) atoms. The first-order chi connectivity index (χ1) is 7.38. The van der Waals surface area contributed by atoms with Crippen LogP contribution in [0.5, 0.6) is 0 Å². The van der Waals surface area contributed by atoms with Crippen LogP contribution in [0.25, 0.3) is 11.0 Å². The third kappa shape index (κ3) is 1.94. The van der Waals surface area contributed by atoms with Gasteiger partial charge in [0.1, 0.15) is 11.5 Å². The Bertz CT molecular complexity index is 503. The van der Waals surface area contributed by atoms with E-state index in [1.807, 2.05) is 6.20 Å². The Labute approximate surface area is 96.3 Å². The molecule has 0 saturated heterocycles. The van der Waals surface area contributed by atoms with E-state index in [0.29, 0.717) is 5.92 Å². The highest BCUT2D eigenvalue weighted by Gasteiger charge is 2.18. The van der Waals surface area contributed by atoms with Gasteiger partial charge in [-0.1, -0.05) is 34.6 Å². The van der Waals surface area contributed by atoms with Crippen LogP contribution < -0.4 is 0 Å². The second kappa shape index (κ2) is 3.58. The highest BCUT2D eigenvalue weighted by molar-refractivity contribution is 5.75. The van der Waals surface area contributed by atoms with E-state index in [9.17, 15) is 0 Å². The van der Waals surface area contributed by atoms with Crippen molar-refractivity contribution in [3.8, 4) is 0 Å². The molecule has 0 radical (unpaired) electrons. The van der Waals surface area contributed by atoms with E-state index in [0.717, 1.165) is 16.9 Å². The lowest BCUT2D eigenvalue weighted by Crippen LogP contribution is -2.15. The summed E-state index contributed by atoms with van der Waals surface area (Å²) >= 11 is 0. The molecule has 2 aromatic rings. The standard InChI is InChI=1S/C13H19N3/c1-8(2)10-6-9-7-14-12(13(3,4)5)16-11(9)15-10/h6-8H,1-5H3,(H,14,15,16). The summed E-state index contributed by atoms with van der Waals surface area (Å²) in [6.45, 7) is 10.7. The van der Waals surface area contributed by atoms with Gasteiger partial charge in [-0.3, -0.25) is 0 Å². The third-order valence-electron chi connectivity index (χ3n) is 2.68. The minimum atomic E-state index is -0.00268. The molecule has 86 valence electrons. The Hall–Kier alpha value is -1.38. The molecule has 0 unspecified atom stereocenters. The van der Waals surface area contributed by atoms with Crippen LogP contribution in [0.15, 0.2) is 12.3 Å². The maximum atomic E-state index is 4.58. The number of nitrogens with one attached hydrogen (secondary N) is 1. The van der Waals surface area contributed by atoms with Crippen LogP contribution in [0.4, 0.5) is 0 Å². The topological polar surface area (TPSA) is 41.6 Å². The fourth-order valence-electron chi connectivity index (χ4n) is 1.61. The van der Waals surface area contributed by atoms with Crippen molar-refractivity contribution in [2.45, 2.75) is 46.0 Å². The largest absolute Gasteiger partial charge is 0.343 e. The van der Waals surface area contributed by atoms with Crippen molar-refractivity contribution < 1.29 is 0 Å². The van der Waals surface area contributed by atoms with E-state index in [4.69, 9.17) is 0 Å². The zero-order valence-electron chi connectivity index (χ0n) is 10.6. The maximum Gasteiger partial charge on any atom is 0.141 e. The summed E-state index contributed by atoms with van der Waals surface area (Å²) in [6.07, 6.45) is 1.91. The van der Waals surface area contributed by atoms with Gasteiger partial charge in [-0.25, -0.2) is 9.97 Å². The normalized spacial score (nSPS) is 12.6. The molecule has 3 nitrogen and oxygen atoms in total. The van der Waals surface area contributed by atoms with Crippen LogP contribution >= 0.6 is 0 Å². The van der Waals surface area contributed by atoms with E-state index in [1.54, 1.807) is 0 Å². The number of aromatic nitrogens is 3. The van der Waals surface area contributed by atoms with Crippen molar-refractivity contribution in [2.24, 2.45) is 0 Å². The van der Waals surface area contributed by atoms with Crippen LogP contribution in [0.1, 0.15) is 52.1 Å². The van der Waals surface area contributed by atoms with E-state index < -0.39 is 0 Å². The number of H-pyrrole nitrogens is 1. The van der Waals surface area contributed by atoms with E-state index >= 15 is 0 Å². The molecule has 0 aliphatic heterocycles. The molecule has 0 amide bonds. The van der Waals surface area contributed by atoms with Crippen LogP contribution in [0.3, 0.4) is 0 Å². The summed E-state index contributed by atoms with van der Waals surface area (Å²) in [4.78, 5) is 12.4. The molecule has 3 heteroatoms. The van der Waals surface area contributed by atoms with E-state index in [2.05, 4.69) is 55.6 Å². The first-order valence-corrected chi connectivity index (χ1v) is 5.74. The van der Waals surface area contributed by atoms with Crippen molar-refractivity contribution in [1.29, 1.82) is 0 Å². The zero-order valence-corrected chi connectivity index (χ0v) is 10.6. The van der Waals surface area contributed by atoms with Gasteiger partial charge in [0, 0.05) is 22.7 Å². The molecule has 0 bridgehead atoms. The lowest BCUT2D eigenvalue weighted by molar-refractivity contribution is 0.548. The van der Waals surface area contributed by atoms with Gasteiger partial charge in [-0.05, 0) is 12.0 Å². The summed E-state index contributed by atoms with van der Waals surface area (Å²) < 4.78 is 0. The average Bonchev–Trinajstić information content (AvgIpc) is 2.58. The highest BCUT2D eigenvalue weighted by atomic mass is 15.0. The second-order valence-corrected chi connectivity index (χ2v) is 5.63. The monoisotopic (exact) mass is 217 g/mol. The molecular weight excluding hydrogens is 198 g/mol. The summed E-state index contributed by atoms with van der Waals surface area (Å²) in [5.41, 5.74) is 2.16. The fourth-order valence-corrected chi connectivity index (χ4v) is 1.61. The number of hydrogen-bond acceptors (Lipinski definition) is 2. The fraction of sp³-hybridized carbons (Fsp3) is 0.538. The predicted molar refractivity (Wildman–Crippen MR) is 66.7 cm³/mol. The van der Waals surface area contributed by atoms with Gasteiger partial charge in [-0.2, -0.15) is 0 Å². The molecule has 0 saturated carbocycles. The summed E-state index contributed by atoms with van der Waals surface area (Å²) in [6, 6.07) is 2.13. The minimum absolute atomic E-state index is 0.00268. The Morgan fingerprint density at radius 3 is 2.50 bits per heavy atom. The highest BCUT2D eigenvalue weighted by Crippen LogP contribution is 2.23. The maximum absolute atomic E-state index is 4.58. The zero-order chi connectivity index (χ0) is 11.9. The number of nitrogens with zero attached hydrogens (tertiary/aromatic N) is 2. The van der Waals surface area contributed by atoms with Gasteiger partial charge in [-0.15, -0.1) is 0 Å². The van der Waals surface area contributed by atoms with Gasteiger partial charge in [0.25, 0.3) is 0 Å². The first kappa shape index (κ1) is 11.1. The Kier molecular flexibility index (Phi) is 2.49. The van der Waals surface area contributed by atoms with Crippen LogP contribution in [-0.4, -0.2) is 15.0 Å². The minimum Gasteiger partial charge on any atom is -0.343 e. The van der Waals surface area contributed by atoms with Gasteiger partial charge >= 0.3 is 0 Å². The molecule has 2 rings (SSSR count). The number of fused-ring (bicyclic) bond motifs is 1. The third-order valence-corrected chi connectivity index (χ3v) is 2.68. The second-order valence-electron chi connectivity index (χ2n) is 5.63. The van der Waals surface area contributed by atoms with Crippen LogP contribution in [0.2, 0.25) is 0 Å². The van der Waals surface area contributed by atoms with Crippen molar-refractivity contribution in [3.05, 3.63) is 23.8 Å². The predicted octanol–water partition coefficient (Wildman–Crippen LogP) is 3.38. The lowest BCUT2D eigenvalue weighted by atomic mass is 9.96. The number of hydrogen-bond donors (Lipinski definition) is 1. The molecule has 0 spiro atoms. The molecule has 0 atom stereocenters. The summed E-state index contributed by atoms with van der Waals surface area (Å²) in [5.74, 6) is 1.38. The van der Waals surface area contributed by atoms with Crippen molar-refractivity contribution in [1.82, 2.24) is 15.0 Å². The van der Waals surface area contributed by atoms with E-state index in [1.165, 1.54) is 5.69 Å². The number of aromatic amines is 1. The quantitative estimate of drug-likeness (QED) is 0.795. The summed E-state index contributed by atoms with van der Waals surface area (Å²) in [5, 5.41) is 1.09. The van der Waals surface area contributed by atoms with Crippen LogP contribution in [0, 0.1) is 0 Å². The van der Waals surface area contributed by atoms with Crippen molar-refractivity contribution in [3.63, 3.8) is 0 Å². The Morgan fingerprint density at radius 1 is 1.25 bits per heavy atom. The van der Waals surface area contributed by atoms with Crippen molar-refractivity contribution in [2.75, 3.05) is 0 Å².